The van der Waals surface area contributed by atoms with Crippen LogP contribution in [0.5, 0.6) is 0 Å². The van der Waals surface area contributed by atoms with Gasteiger partial charge in [0.05, 0.1) is 24.9 Å². The SMILES string of the molecule is CCC[C@@H]1OC(=O)/C(C)=C/[C@H](C)CCCCC(=O)CCC[C@@H](CC)/C=C\C=C(/COC)CC[C@@H](O)[C@@H](O)C[C@H](O)CNC1=O. The van der Waals surface area contributed by atoms with E-state index in [1.165, 1.54) is 0 Å². The molecule has 0 aliphatic carbocycles. The molecule has 0 aromatic rings. The predicted octanol–water partition coefficient (Wildman–Crippen LogP) is 5.12. The fraction of sp³-hybridized carbons (Fsp3) is 0.743. The van der Waals surface area contributed by atoms with Crippen LogP contribution < -0.4 is 5.32 Å². The van der Waals surface area contributed by atoms with Gasteiger partial charge in [0.1, 0.15) is 5.78 Å². The molecular formula is C35H59NO8. The first kappa shape index (κ1) is 39.7. The summed E-state index contributed by atoms with van der Waals surface area (Å²) in [4.78, 5) is 38.0. The van der Waals surface area contributed by atoms with Crippen LogP contribution >= 0.6 is 0 Å². The van der Waals surface area contributed by atoms with Crippen LogP contribution in [0, 0.1) is 11.8 Å². The number of amides is 1. The number of cyclic esters (lactones) is 1. The Morgan fingerprint density at radius 1 is 0.977 bits per heavy atom. The molecule has 0 fully saturated rings. The van der Waals surface area contributed by atoms with Gasteiger partial charge in [0.15, 0.2) is 6.10 Å². The summed E-state index contributed by atoms with van der Waals surface area (Å²) in [6.45, 7) is 7.96. The number of rotatable bonds is 5. The maximum Gasteiger partial charge on any atom is 0.334 e. The van der Waals surface area contributed by atoms with E-state index in [4.69, 9.17) is 9.47 Å². The van der Waals surface area contributed by atoms with E-state index < -0.39 is 36.3 Å². The van der Waals surface area contributed by atoms with Gasteiger partial charge in [-0.3, -0.25) is 9.59 Å². The van der Waals surface area contributed by atoms with Crippen LogP contribution in [0.3, 0.4) is 0 Å². The molecule has 9 heteroatoms. The van der Waals surface area contributed by atoms with E-state index in [1.807, 2.05) is 32.1 Å². The number of allylic oxidation sites excluding steroid dienone is 4. The molecule has 0 unspecified atom stereocenters. The molecule has 4 N–H and O–H groups in total. The maximum atomic E-state index is 12.8. The number of carbonyl (C=O) groups is 3. The molecular weight excluding hydrogens is 562 g/mol. The van der Waals surface area contributed by atoms with Gasteiger partial charge in [0.25, 0.3) is 5.91 Å². The number of aliphatic hydroxyl groups is 3. The average molecular weight is 622 g/mol. The van der Waals surface area contributed by atoms with Crippen molar-refractivity contribution >= 4 is 17.7 Å². The van der Waals surface area contributed by atoms with Crippen molar-refractivity contribution in [3.63, 3.8) is 0 Å². The molecule has 9 nitrogen and oxygen atoms in total. The smallest absolute Gasteiger partial charge is 0.334 e. The Kier molecular flexibility index (Phi) is 20.8. The summed E-state index contributed by atoms with van der Waals surface area (Å²) in [5, 5.41) is 34.1. The van der Waals surface area contributed by atoms with E-state index >= 15 is 0 Å². The molecule has 1 heterocycles. The van der Waals surface area contributed by atoms with Gasteiger partial charge in [-0.1, -0.05) is 57.9 Å². The van der Waals surface area contributed by atoms with Crippen molar-refractivity contribution in [1.29, 1.82) is 0 Å². The number of esters is 1. The van der Waals surface area contributed by atoms with Crippen molar-refractivity contribution in [2.45, 2.75) is 136 Å². The Morgan fingerprint density at radius 3 is 2.39 bits per heavy atom. The van der Waals surface area contributed by atoms with Crippen molar-refractivity contribution in [2.75, 3.05) is 20.3 Å². The van der Waals surface area contributed by atoms with E-state index in [0.717, 1.165) is 44.1 Å². The molecule has 252 valence electrons. The predicted molar refractivity (Wildman–Crippen MR) is 173 cm³/mol. The second-order valence-corrected chi connectivity index (χ2v) is 12.3. The third-order valence-electron chi connectivity index (χ3n) is 8.14. The van der Waals surface area contributed by atoms with Crippen molar-refractivity contribution in [3.8, 4) is 0 Å². The summed E-state index contributed by atoms with van der Waals surface area (Å²) in [5.41, 5.74) is 1.40. The Bertz CT molecular complexity index is 943. The van der Waals surface area contributed by atoms with Crippen molar-refractivity contribution in [2.24, 2.45) is 11.8 Å². The zero-order valence-corrected chi connectivity index (χ0v) is 27.8. The fourth-order valence-electron chi connectivity index (χ4n) is 5.33. The van der Waals surface area contributed by atoms with E-state index in [1.54, 1.807) is 14.0 Å². The quantitative estimate of drug-likeness (QED) is 0.310. The lowest BCUT2D eigenvalue weighted by atomic mass is 9.95. The molecule has 1 aliphatic heterocycles. The van der Waals surface area contributed by atoms with Gasteiger partial charge in [-0.2, -0.15) is 0 Å². The van der Waals surface area contributed by atoms with Crippen molar-refractivity contribution in [3.05, 3.63) is 35.5 Å². The molecule has 6 atom stereocenters. The third kappa shape index (κ3) is 17.2. The highest BCUT2D eigenvalue weighted by Gasteiger charge is 2.25. The highest BCUT2D eigenvalue weighted by atomic mass is 16.5. The number of ether oxygens (including phenoxy) is 2. The number of hydrogen-bond acceptors (Lipinski definition) is 8. The number of carbonyl (C=O) groups excluding carboxylic acids is 3. The average Bonchev–Trinajstić information content (AvgIpc) is 2.98. The molecule has 1 rings (SSSR count). The van der Waals surface area contributed by atoms with Gasteiger partial charge >= 0.3 is 5.97 Å². The van der Waals surface area contributed by atoms with E-state index in [2.05, 4.69) is 18.3 Å². The van der Waals surface area contributed by atoms with Crippen LogP contribution in [0.15, 0.2) is 35.5 Å². The molecule has 1 amide bonds. The monoisotopic (exact) mass is 621 g/mol. The van der Waals surface area contributed by atoms with Gasteiger partial charge in [-0.25, -0.2) is 4.79 Å². The molecule has 44 heavy (non-hydrogen) atoms. The molecule has 0 saturated carbocycles. The number of ketones is 1. The van der Waals surface area contributed by atoms with E-state index in [-0.39, 0.29) is 31.1 Å². The summed E-state index contributed by atoms with van der Waals surface area (Å²) in [6.07, 6.45) is 11.7. The lowest BCUT2D eigenvalue weighted by Crippen LogP contribution is -2.42. The largest absolute Gasteiger partial charge is 0.449 e. The van der Waals surface area contributed by atoms with E-state index in [9.17, 15) is 29.7 Å². The topological polar surface area (TPSA) is 142 Å². The minimum atomic E-state index is -1.18. The zero-order valence-electron chi connectivity index (χ0n) is 27.8. The fourth-order valence-corrected chi connectivity index (χ4v) is 5.33. The second kappa shape index (κ2) is 23.1. The number of nitrogens with one attached hydrogen (secondary N) is 1. The summed E-state index contributed by atoms with van der Waals surface area (Å²) in [7, 11) is 1.61. The van der Waals surface area contributed by atoms with E-state index in [0.29, 0.717) is 50.2 Å². The number of hydrogen-bond donors (Lipinski definition) is 4. The first-order valence-corrected chi connectivity index (χ1v) is 16.6. The summed E-state index contributed by atoms with van der Waals surface area (Å²) < 4.78 is 10.8. The molecule has 0 saturated heterocycles. The first-order valence-electron chi connectivity index (χ1n) is 16.6. The number of β-amino-alcohol motifs (C(OH)–C–C–N with tert-alkyl or cyclic N) is 1. The molecule has 0 aromatic carbocycles. The van der Waals surface area contributed by atoms with Crippen LogP contribution in [0.4, 0.5) is 0 Å². The third-order valence-corrected chi connectivity index (χ3v) is 8.14. The summed E-state index contributed by atoms with van der Waals surface area (Å²) in [5.74, 6) is -0.300. The summed E-state index contributed by atoms with van der Waals surface area (Å²) >= 11 is 0. The minimum absolute atomic E-state index is 0.121. The molecule has 0 radical (unpaired) electrons. The Hall–Kier alpha value is -2.33. The standard InChI is InChI=1S/C35H59NO8/c1-6-12-33-34(41)36-23-30(38)22-32(40)31(39)20-19-28(24-43-5)16-10-14-27(7-2)15-11-18-29(37)17-9-8-13-25(3)21-26(4)35(42)44-33/h10,14,16,21,25,27,30-33,38-40H,6-9,11-13,15,17-20,22-24H2,1-5H3,(H,36,41)/b14-10-,26-21+,28-16-/t25-,27+,30+,31-,32+,33+/m1/s1. The van der Waals surface area contributed by atoms with Crippen molar-refractivity contribution in [1.82, 2.24) is 5.32 Å². The lowest BCUT2D eigenvalue weighted by molar-refractivity contribution is -0.152. The molecule has 0 aromatic heterocycles. The van der Waals surface area contributed by atoms with Crippen LogP contribution in [0.25, 0.3) is 0 Å². The van der Waals surface area contributed by atoms with Gasteiger partial charge in [0, 0.05) is 38.5 Å². The van der Waals surface area contributed by atoms with Crippen LogP contribution in [-0.2, 0) is 23.9 Å². The number of methoxy groups -OCH3 is 1. The van der Waals surface area contributed by atoms with Gasteiger partial charge < -0.3 is 30.1 Å². The minimum Gasteiger partial charge on any atom is -0.449 e. The zero-order chi connectivity index (χ0) is 32.9. The normalized spacial score (nSPS) is 32.1. The lowest BCUT2D eigenvalue weighted by Gasteiger charge is -2.22. The van der Waals surface area contributed by atoms with Crippen molar-refractivity contribution < 1.29 is 39.2 Å². The Labute approximate surface area is 265 Å². The van der Waals surface area contributed by atoms with Gasteiger partial charge in [0.2, 0.25) is 0 Å². The number of aliphatic hydroxyl groups excluding tert-OH is 3. The Balaban J connectivity index is 3.00. The number of Topliss-reactive ketones (excluding diaryl/α,β-unsaturated/α-hetero) is 1. The van der Waals surface area contributed by atoms with Gasteiger partial charge in [-0.05, 0) is 75.7 Å². The maximum absolute atomic E-state index is 12.8. The van der Waals surface area contributed by atoms with Gasteiger partial charge in [-0.15, -0.1) is 0 Å². The van der Waals surface area contributed by atoms with Crippen LogP contribution in [-0.4, -0.2) is 77.7 Å². The van der Waals surface area contributed by atoms with Crippen LogP contribution in [0.2, 0.25) is 0 Å². The Morgan fingerprint density at radius 2 is 1.70 bits per heavy atom. The highest BCUT2D eigenvalue weighted by molar-refractivity contribution is 5.91. The molecule has 1 aliphatic rings. The summed E-state index contributed by atoms with van der Waals surface area (Å²) in [6, 6.07) is 0. The first-order chi connectivity index (χ1) is 21.0. The molecule has 0 spiro atoms. The highest BCUT2D eigenvalue weighted by Crippen LogP contribution is 2.19. The second-order valence-electron chi connectivity index (χ2n) is 12.3. The molecule has 0 bridgehead atoms. The van der Waals surface area contributed by atoms with Crippen LogP contribution in [0.1, 0.15) is 111 Å².